The summed E-state index contributed by atoms with van der Waals surface area (Å²) < 4.78 is 77.7. The van der Waals surface area contributed by atoms with Crippen LogP contribution in [0.5, 0.6) is 0 Å². The first-order valence-corrected chi connectivity index (χ1v) is 6.84. The van der Waals surface area contributed by atoms with Gasteiger partial charge >= 0.3 is 12.4 Å². The molecule has 124 valence electrons. The molecular weight excluding hydrogens is 310 g/mol. The Morgan fingerprint density at radius 1 is 1.00 bits per heavy atom. The number of benzene rings is 1. The molecule has 2 nitrogen and oxygen atoms in total. The lowest BCUT2D eigenvalue weighted by Gasteiger charge is -2.34. The van der Waals surface area contributed by atoms with Gasteiger partial charge in [-0.3, -0.25) is 4.90 Å². The molecular formula is C14H16F6N2. The number of hydrogen-bond donors (Lipinski definition) is 1. The van der Waals surface area contributed by atoms with Crippen LogP contribution in [-0.4, -0.2) is 31.1 Å². The fourth-order valence-electron chi connectivity index (χ4n) is 2.61. The highest BCUT2D eigenvalue weighted by molar-refractivity contribution is 5.37. The molecule has 1 aliphatic rings. The van der Waals surface area contributed by atoms with Crippen molar-refractivity contribution in [1.82, 2.24) is 10.2 Å². The van der Waals surface area contributed by atoms with Gasteiger partial charge in [-0.15, -0.1) is 0 Å². The third kappa shape index (κ3) is 3.73. The molecule has 1 aliphatic heterocycles. The summed E-state index contributed by atoms with van der Waals surface area (Å²) in [6, 6.07) is 0.893. The van der Waals surface area contributed by atoms with Crippen molar-refractivity contribution < 1.29 is 26.3 Å². The smallest absolute Gasteiger partial charge is 0.314 e. The Kier molecular flexibility index (Phi) is 4.72. The molecule has 1 N–H and O–H groups in total. The molecule has 1 aromatic carbocycles. The molecule has 0 bridgehead atoms. The van der Waals surface area contributed by atoms with E-state index in [0.717, 1.165) is 0 Å². The van der Waals surface area contributed by atoms with Gasteiger partial charge in [0.15, 0.2) is 0 Å². The van der Waals surface area contributed by atoms with Gasteiger partial charge in [-0.1, -0.05) is 0 Å². The van der Waals surface area contributed by atoms with Gasteiger partial charge in [0, 0.05) is 32.2 Å². The van der Waals surface area contributed by atoms with Crippen LogP contribution in [0.25, 0.3) is 0 Å². The summed E-state index contributed by atoms with van der Waals surface area (Å²) in [6.07, 6.45) is -9.34. The summed E-state index contributed by atoms with van der Waals surface area (Å²) in [7, 11) is 0. The van der Waals surface area contributed by atoms with Crippen molar-refractivity contribution in [1.29, 1.82) is 0 Å². The summed E-state index contributed by atoms with van der Waals surface area (Å²) in [4.78, 5) is 1.75. The highest BCUT2D eigenvalue weighted by Gasteiger charge is 2.38. The molecule has 22 heavy (non-hydrogen) atoms. The van der Waals surface area contributed by atoms with Crippen molar-refractivity contribution in [3.63, 3.8) is 0 Å². The van der Waals surface area contributed by atoms with Crippen molar-refractivity contribution in [2.75, 3.05) is 26.2 Å². The third-order valence-corrected chi connectivity index (χ3v) is 3.83. The van der Waals surface area contributed by atoms with Crippen LogP contribution in [0.4, 0.5) is 26.3 Å². The molecule has 0 spiro atoms. The first kappa shape index (κ1) is 17.1. The summed E-state index contributed by atoms with van der Waals surface area (Å²) in [5.41, 5.74) is -2.40. The maximum absolute atomic E-state index is 13.1. The zero-order valence-corrected chi connectivity index (χ0v) is 11.9. The zero-order chi connectivity index (χ0) is 16.5. The Morgan fingerprint density at radius 3 is 2.09 bits per heavy atom. The fraction of sp³-hybridized carbons (Fsp3) is 0.571. The number of alkyl halides is 6. The van der Waals surface area contributed by atoms with E-state index in [0.29, 0.717) is 44.4 Å². The number of halogens is 6. The van der Waals surface area contributed by atoms with E-state index in [1.165, 1.54) is 6.92 Å². The molecule has 0 radical (unpaired) electrons. The minimum atomic E-state index is -4.68. The van der Waals surface area contributed by atoms with Gasteiger partial charge in [0.25, 0.3) is 0 Å². The van der Waals surface area contributed by atoms with Crippen molar-refractivity contribution in [2.24, 2.45) is 0 Å². The van der Waals surface area contributed by atoms with Gasteiger partial charge in [-0.2, -0.15) is 26.3 Å². The van der Waals surface area contributed by atoms with Gasteiger partial charge in [0.2, 0.25) is 0 Å². The normalized spacial score (nSPS) is 19.2. The lowest BCUT2D eigenvalue weighted by molar-refractivity contribution is -0.142. The molecule has 8 heteroatoms. The van der Waals surface area contributed by atoms with Crippen LogP contribution < -0.4 is 5.32 Å². The number of hydrogen-bond acceptors (Lipinski definition) is 2. The van der Waals surface area contributed by atoms with Crippen molar-refractivity contribution in [3.8, 4) is 0 Å². The van der Waals surface area contributed by atoms with Gasteiger partial charge < -0.3 is 5.32 Å². The van der Waals surface area contributed by atoms with Crippen LogP contribution in [0.1, 0.15) is 29.7 Å². The predicted molar refractivity (Wildman–Crippen MR) is 69.3 cm³/mol. The molecule has 1 heterocycles. The molecule has 1 fully saturated rings. The van der Waals surface area contributed by atoms with E-state index >= 15 is 0 Å². The van der Waals surface area contributed by atoms with Crippen LogP contribution in [0.2, 0.25) is 0 Å². The fourth-order valence-corrected chi connectivity index (χ4v) is 2.61. The molecule has 1 atom stereocenters. The number of nitrogens with zero attached hydrogens (tertiary/aromatic N) is 1. The van der Waals surface area contributed by atoms with E-state index in [1.807, 2.05) is 0 Å². The minimum absolute atomic E-state index is 0.329. The van der Waals surface area contributed by atoms with Crippen molar-refractivity contribution in [2.45, 2.75) is 25.3 Å². The molecule has 0 amide bonds. The van der Waals surface area contributed by atoms with Gasteiger partial charge in [0.05, 0.1) is 11.1 Å². The average Bonchev–Trinajstić information content (AvgIpc) is 2.45. The monoisotopic (exact) mass is 326 g/mol. The van der Waals surface area contributed by atoms with Crippen LogP contribution in [-0.2, 0) is 12.4 Å². The third-order valence-electron chi connectivity index (χ3n) is 3.83. The van der Waals surface area contributed by atoms with E-state index in [9.17, 15) is 26.3 Å². The lowest BCUT2D eigenvalue weighted by Crippen LogP contribution is -2.44. The van der Waals surface area contributed by atoms with Crippen LogP contribution >= 0.6 is 0 Å². The summed E-state index contributed by atoms with van der Waals surface area (Å²) in [5.74, 6) is 0. The maximum atomic E-state index is 13.1. The van der Waals surface area contributed by atoms with Crippen molar-refractivity contribution >= 4 is 0 Å². The van der Waals surface area contributed by atoms with Gasteiger partial charge in [-0.05, 0) is 30.7 Å². The first-order chi connectivity index (χ1) is 10.1. The summed E-state index contributed by atoms with van der Waals surface area (Å²) in [6.45, 7) is 3.70. The second-order valence-electron chi connectivity index (χ2n) is 5.26. The quantitative estimate of drug-likeness (QED) is 0.834. The predicted octanol–water partition coefficient (Wildman–Crippen LogP) is 3.69. The van der Waals surface area contributed by atoms with E-state index < -0.39 is 29.5 Å². The highest BCUT2D eigenvalue weighted by Crippen LogP contribution is 2.39. The van der Waals surface area contributed by atoms with E-state index in [4.69, 9.17) is 0 Å². The average molecular weight is 326 g/mol. The van der Waals surface area contributed by atoms with E-state index in [1.54, 1.807) is 4.90 Å². The number of piperazine rings is 1. The lowest BCUT2D eigenvalue weighted by atomic mass is 9.96. The van der Waals surface area contributed by atoms with Gasteiger partial charge in [0.1, 0.15) is 0 Å². The van der Waals surface area contributed by atoms with Crippen LogP contribution in [0.15, 0.2) is 18.2 Å². The Labute approximate surface area is 124 Å². The molecule has 2 rings (SSSR count). The minimum Gasteiger partial charge on any atom is -0.314 e. The number of rotatable bonds is 2. The Balaban J connectivity index is 2.44. The van der Waals surface area contributed by atoms with Crippen LogP contribution in [0, 0.1) is 0 Å². The van der Waals surface area contributed by atoms with Crippen molar-refractivity contribution in [3.05, 3.63) is 34.9 Å². The topological polar surface area (TPSA) is 15.3 Å². The maximum Gasteiger partial charge on any atom is 0.416 e. The van der Waals surface area contributed by atoms with E-state index in [-0.39, 0.29) is 5.56 Å². The SMILES string of the molecule is C[C@H](c1cc(C(F)(F)F)ccc1C(F)(F)F)N1CCNCC1. The Bertz CT molecular complexity index is 517. The zero-order valence-electron chi connectivity index (χ0n) is 11.9. The first-order valence-electron chi connectivity index (χ1n) is 6.84. The molecule has 0 aromatic heterocycles. The summed E-state index contributed by atoms with van der Waals surface area (Å²) in [5, 5.41) is 3.06. The summed E-state index contributed by atoms with van der Waals surface area (Å²) >= 11 is 0. The second kappa shape index (κ2) is 6.08. The molecule has 0 saturated carbocycles. The molecule has 1 saturated heterocycles. The largest absolute Gasteiger partial charge is 0.416 e. The second-order valence-corrected chi connectivity index (χ2v) is 5.26. The molecule has 0 unspecified atom stereocenters. The Hall–Kier alpha value is -1.28. The molecule has 1 aromatic rings. The Morgan fingerprint density at radius 2 is 1.59 bits per heavy atom. The standard InChI is InChI=1S/C14H16F6N2/c1-9(22-6-4-21-5-7-22)11-8-10(13(15,16)17)2-3-12(11)14(18,19)20/h2-3,8-9,21H,4-7H2,1H3/t9-/m1/s1. The number of nitrogens with one attached hydrogen (secondary N) is 1. The van der Waals surface area contributed by atoms with Crippen LogP contribution in [0.3, 0.4) is 0 Å². The molecule has 0 aliphatic carbocycles. The van der Waals surface area contributed by atoms with Gasteiger partial charge in [-0.25, -0.2) is 0 Å². The van der Waals surface area contributed by atoms with E-state index in [2.05, 4.69) is 5.32 Å². The highest BCUT2D eigenvalue weighted by atomic mass is 19.4.